The molecule has 4 rings (SSSR count). The number of benzene rings is 1. The van der Waals surface area contributed by atoms with Gasteiger partial charge in [-0.05, 0) is 31.4 Å². The fraction of sp³-hybridized carbons (Fsp3) is 0.526. The summed E-state index contributed by atoms with van der Waals surface area (Å²) in [6, 6.07) is 5.65. The van der Waals surface area contributed by atoms with E-state index in [9.17, 15) is 9.59 Å². The van der Waals surface area contributed by atoms with E-state index in [1.165, 1.54) is 11.3 Å². The number of likely N-dealkylation sites (tertiary alicyclic amines) is 1. The number of nitrogens with zero attached hydrogens (tertiary/aromatic N) is 3. The van der Waals surface area contributed by atoms with E-state index in [2.05, 4.69) is 4.98 Å². The number of carbonyl (C=O) groups excluding carboxylic acids is 2. The third-order valence-electron chi connectivity index (χ3n) is 5.53. The summed E-state index contributed by atoms with van der Waals surface area (Å²) in [6.07, 6.45) is 5.39. The Balaban J connectivity index is 1.59. The largest absolute Gasteiger partial charge is 0.339 e. The molecule has 1 aromatic heterocycles. The number of anilines is 1. The summed E-state index contributed by atoms with van der Waals surface area (Å²) in [5.41, 5.74) is 0.812. The number of carbonyl (C=O) groups is 2. The molecule has 2 amide bonds. The maximum atomic E-state index is 13.3. The van der Waals surface area contributed by atoms with Crippen LogP contribution in [0, 0.1) is 5.92 Å². The number of aromatic nitrogens is 1. The summed E-state index contributed by atoms with van der Waals surface area (Å²) in [6.45, 7) is 0.785. The fourth-order valence-corrected chi connectivity index (χ4v) is 5.40. The van der Waals surface area contributed by atoms with Crippen LogP contribution in [0.25, 0.3) is 10.2 Å². The van der Waals surface area contributed by atoms with E-state index < -0.39 is 0 Å². The summed E-state index contributed by atoms with van der Waals surface area (Å²) in [5.74, 6) is 0.118. The molecule has 1 saturated heterocycles. The number of hydrogen-bond acceptors (Lipinski definition) is 4. The van der Waals surface area contributed by atoms with Gasteiger partial charge in [-0.3, -0.25) is 14.5 Å². The Morgan fingerprint density at radius 1 is 1.31 bits per heavy atom. The molecule has 26 heavy (non-hydrogen) atoms. The third kappa shape index (κ3) is 3.09. The molecule has 2 fully saturated rings. The Kier molecular flexibility index (Phi) is 4.88. The summed E-state index contributed by atoms with van der Waals surface area (Å²) in [7, 11) is 1.78. The molecule has 1 aliphatic carbocycles. The van der Waals surface area contributed by atoms with E-state index in [0.29, 0.717) is 16.6 Å². The van der Waals surface area contributed by atoms with Crippen molar-refractivity contribution in [3.63, 3.8) is 0 Å². The number of fused-ring (bicyclic) bond motifs is 1. The van der Waals surface area contributed by atoms with E-state index in [1.54, 1.807) is 11.9 Å². The van der Waals surface area contributed by atoms with Gasteiger partial charge in [0.05, 0.1) is 21.2 Å². The van der Waals surface area contributed by atoms with Gasteiger partial charge in [0.25, 0.3) is 0 Å². The molecular weight excluding hydrogens is 370 g/mol. The van der Waals surface area contributed by atoms with Crippen molar-refractivity contribution in [1.82, 2.24) is 9.88 Å². The Hall–Kier alpha value is -1.66. The van der Waals surface area contributed by atoms with Crippen LogP contribution < -0.4 is 4.90 Å². The molecule has 0 spiro atoms. The van der Waals surface area contributed by atoms with Crippen molar-refractivity contribution >= 4 is 50.1 Å². The molecule has 138 valence electrons. The Morgan fingerprint density at radius 2 is 2.12 bits per heavy atom. The number of thiazole rings is 1. The van der Waals surface area contributed by atoms with Crippen LogP contribution in [0.15, 0.2) is 18.2 Å². The average molecular weight is 392 g/mol. The smallest absolute Gasteiger partial charge is 0.233 e. The molecule has 2 heterocycles. The normalized spacial score (nSPS) is 23.6. The van der Waals surface area contributed by atoms with Crippen LogP contribution in [0.1, 0.15) is 38.5 Å². The minimum atomic E-state index is -0.140. The first-order valence-electron chi connectivity index (χ1n) is 9.18. The van der Waals surface area contributed by atoms with Crippen molar-refractivity contribution in [2.24, 2.45) is 5.92 Å². The number of amides is 2. The first-order chi connectivity index (χ1) is 12.6. The summed E-state index contributed by atoms with van der Waals surface area (Å²) in [5, 5.41) is 1.32. The van der Waals surface area contributed by atoms with Gasteiger partial charge in [-0.2, -0.15) is 0 Å². The van der Waals surface area contributed by atoms with Gasteiger partial charge in [-0.15, -0.1) is 0 Å². The maximum Gasteiger partial charge on any atom is 0.233 e. The Morgan fingerprint density at radius 3 is 2.85 bits per heavy atom. The van der Waals surface area contributed by atoms with Crippen LogP contribution in [0.2, 0.25) is 5.02 Å². The molecule has 1 aliphatic heterocycles. The monoisotopic (exact) mass is 391 g/mol. The fourth-order valence-electron chi connectivity index (χ4n) is 4.18. The Bertz CT molecular complexity index is 852. The van der Waals surface area contributed by atoms with E-state index in [4.69, 9.17) is 11.6 Å². The second-order valence-electron chi connectivity index (χ2n) is 7.13. The van der Waals surface area contributed by atoms with Crippen molar-refractivity contribution in [3.05, 3.63) is 23.2 Å². The molecular formula is C19H22ClN3O2S. The third-order valence-corrected chi connectivity index (χ3v) is 7.14. The highest BCUT2D eigenvalue weighted by atomic mass is 35.5. The second-order valence-corrected chi connectivity index (χ2v) is 8.52. The quantitative estimate of drug-likeness (QED) is 0.791. The van der Waals surface area contributed by atoms with Gasteiger partial charge in [0.1, 0.15) is 0 Å². The van der Waals surface area contributed by atoms with Gasteiger partial charge in [0.2, 0.25) is 11.8 Å². The zero-order valence-corrected chi connectivity index (χ0v) is 16.4. The van der Waals surface area contributed by atoms with Gasteiger partial charge < -0.3 is 4.90 Å². The highest BCUT2D eigenvalue weighted by molar-refractivity contribution is 7.23. The van der Waals surface area contributed by atoms with E-state index in [-0.39, 0.29) is 23.8 Å². The highest BCUT2D eigenvalue weighted by Gasteiger charge is 2.40. The van der Waals surface area contributed by atoms with E-state index >= 15 is 0 Å². The summed E-state index contributed by atoms with van der Waals surface area (Å²) in [4.78, 5) is 33.7. The lowest BCUT2D eigenvalue weighted by Gasteiger charge is -2.38. The number of halogens is 1. The van der Waals surface area contributed by atoms with Crippen molar-refractivity contribution in [1.29, 1.82) is 0 Å². The van der Waals surface area contributed by atoms with Gasteiger partial charge in [0.15, 0.2) is 5.13 Å². The molecule has 1 saturated carbocycles. The molecule has 5 nitrogen and oxygen atoms in total. The average Bonchev–Trinajstić information content (AvgIpc) is 3.27. The summed E-state index contributed by atoms with van der Waals surface area (Å²) >= 11 is 7.69. The topological polar surface area (TPSA) is 53.5 Å². The molecule has 2 atom stereocenters. The highest BCUT2D eigenvalue weighted by Crippen LogP contribution is 2.36. The number of rotatable bonds is 3. The lowest BCUT2D eigenvalue weighted by molar-refractivity contribution is -0.134. The van der Waals surface area contributed by atoms with Crippen LogP contribution in [-0.4, -0.2) is 41.3 Å². The van der Waals surface area contributed by atoms with Crippen molar-refractivity contribution in [3.8, 4) is 0 Å². The summed E-state index contributed by atoms with van der Waals surface area (Å²) < 4.78 is 0.902. The van der Waals surface area contributed by atoms with Crippen LogP contribution in [-0.2, 0) is 9.59 Å². The molecule has 0 unspecified atom stereocenters. The minimum absolute atomic E-state index is 0.0340. The van der Waals surface area contributed by atoms with Crippen LogP contribution >= 0.6 is 22.9 Å². The predicted molar refractivity (Wildman–Crippen MR) is 105 cm³/mol. The standard InChI is InChI=1S/C19H22ClN3O2S/c1-22(19-21-14-8-4-7-13(20)17(14)26-19)18(25)12-6-2-3-9-15(12)23-11-5-10-16(23)24/h4,7-8,12,15H,2-3,5-6,9-11H2,1H3/t12-,15+/m1/s1. The van der Waals surface area contributed by atoms with E-state index in [1.807, 2.05) is 23.1 Å². The van der Waals surface area contributed by atoms with Gasteiger partial charge in [-0.1, -0.05) is 41.8 Å². The molecule has 2 aromatic rings. The Labute approximate surface area is 161 Å². The van der Waals surface area contributed by atoms with Crippen molar-refractivity contribution in [2.75, 3.05) is 18.5 Å². The molecule has 7 heteroatoms. The predicted octanol–water partition coefficient (Wildman–Crippen LogP) is 4.09. The molecule has 1 aromatic carbocycles. The molecule has 2 aliphatic rings. The van der Waals surface area contributed by atoms with Crippen LogP contribution in [0.4, 0.5) is 5.13 Å². The minimum Gasteiger partial charge on any atom is -0.339 e. The number of hydrogen-bond donors (Lipinski definition) is 0. The SMILES string of the molecule is CN(C(=O)[C@@H]1CCCC[C@@H]1N1CCCC1=O)c1nc2cccc(Cl)c2s1. The van der Waals surface area contributed by atoms with Gasteiger partial charge in [0, 0.05) is 26.1 Å². The van der Waals surface area contributed by atoms with Gasteiger partial charge in [-0.25, -0.2) is 4.98 Å². The van der Waals surface area contributed by atoms with Gasteiger partial charge >= 0.3 is 0 Å². The first kappa shape index (κ1) is 17.7. The molecule has 0 radical (unpaired) electrons. The lowest BCUT2D eigenvalue weighted by Crippen LogP contribution is -2.49. The molecule has 0 bridgehead atoms. The van der Waals surface area contributed by atoms with Crippen LogP contribution in [0.3, 0.4) is 0 Å². The lowest BCUT2D eigenvalue weighted by atomic mass is 9.82. The van der Waals surface area contributed by atoms with Crippen molar-refractivity contribution < 1.29 is 9.59 Å². The molecule has 0 N–H and O–H groups in total. The zero-order chi connectivity index (χ0) is 18.3. The van der Waals surface area contributed by atoms with E-state index in [0.717, 1.165) is 48.9 Å². The van der Waals surface area contributed by atoms with Crippen LogP contribution in [0.5, 0.6) is 0 Å². The maximum absolute atomic E-state index is 13.3. The second kappa shape index (κ2) is 7.16. The first-order valence-corrected chi connectivity index (χ1v) is 10.4. The van der Waals surface area contributed by atoms with Crippen molar-refractivity contribution in [2.45, 2.75) is 44.6 Å². The zero-order valence-electron chi connectivity index (χ0n) is 14.8.